The lowest BCUT2D eigenvalue weighted by Gasteiger charge is -2.09. The molecule has 0 saturated heterocycles. The van der Waals surface area contributed by atoms with E-state index < -0.39 is 0 Å². The number of hydrogen-bond acceptors (Lipinski definition) is 11. The summed E-state index contributed by atoms with van der Waals surface area (Å²) < 4.78 is 60.1. The van der Waals surface area contributed by atoms with Gasteiger partial charge in [-0.2, -0.15) is 0 Å². The van der Waals surface area contributed by atoms with E-state index in [1.165, 1.54) is 57.8 Å². The highest BCUT2D eigenvalue weighted by atomic mass is 16.6. The van der Waals surface area contributed by atoms with Crippen LogP contribution in [-0.2, 0) is 52.1 Å². The molecule has 0 unspecified atom stereocenters. The predicted octanol–water partition coefficient (Wildman–Crippen LogP) is 5.11. The molecule has 0 radical (unpaired) electrons. The van der Waals surface area contributed by atoms with Crippen molar-refractivity contribution in [2.24, 2.45) is 0 Å². The van der Waals surface area contributed by atoms with E-state index in [4.69, 9.17) is 52.1 Å². The van der Waals surface area contributed by atoms with Crippen molar-refractivity contribution in [1.29, 1.82) is 0 Å². The Bertz CT molecular complexity index is 461. The molecule has 0 bridgehead atoms. The molecule has 11 nitrogen and oxygen atoms in total. The van der Waals surface area contributed by atoms with Crippen LogP contribution in [0.5, 0.6) is 0 Å². The smallest absolute Gasteiger partial charge is 0.0701 e. The van der Waals surface area contributed by atoms with Crippen LogP contribution in [0.15, 0.2) is 0 Å². The second kappa shape index (κ2) is 43.6. The first kappa shape index (κ1) is 44.6. The molecule has 0 amide bonds. The number of unbranched alkanes of at least 4 members (excludes halogenated alkanes) is 9. The zero-order valence-corrected chi connectivity index (χ0v) is 29.1. The fourth-order valence-electron chi connectivity index (χ4n) is 4.04. The molecule has 0 aliphatic carbocycles. The summed E-state index contributed by atoms with van der Waals surface area (Å²) in [6.45, 7) is 17.0. The Morgan fingerprint density at radius 2 is 0.400 bits per heavy atom. The molecule has 0 aliphatic rings. The van der Waals surface area contributed by atoms with Gasteiger partial charge in [-0.3, -0.25) is 0 Å². The van der Waals surface area contributed by atoms with Gasteiger partial charge in [0, 0.05) is 13.2 Å². The molecule has 0 N–H and O–H groups in total. The first-order valence-electron chi connectivity index (χ1n) is 17.8. The number of rotatable bonds is 42. The highest BCUT2D eigenvalue weighted by Crippen LogP contribution is 2.10. The molecule has 0 rings (SSSR count). The molecule has 0 aromatic rings. The van der Waals surface area contributed by atoms with Gasteiger partial charge in [0.2, 0.25) is 0 Å². The fraction of sp³-hybridized carbons (Fsp3) is 1.00. The van der Waals surface area contributed by atoms with E-state index in [1.807, 2.05) is 6.92 Å². The first-order valence-corrected chi connectivity index (χ1v) is 17.8. The maximum Gasteiger partial charge on any atom is 0.0701 e. The van der Waals surface area contributed by atoms with Gasteiger partial charge in [-0.05, 0) is 13.3 Å². The zero-order valence-electron chi connectivity index (χ0n) is 29.1. The van der Waals surface area contributed by atoms with Crippen molar-refractivity contribution >= 4 is 0 Å². The first-order chi connectivity index (χ1) is 22.4. The molecular formula is C34H70O11. The average molecular weight is 655 g/mol. The van der Waals surface area contributed by atoms with Crippen LogP contribution in [0.3, 0.4) is 0 Å². The molecule has 0 aromatic carbocycles. The van der Waals surface area contributed by atoms with E-state index in [0.29, 0.717) is 139 Å². The third kappa shape index (κ3) is 43.6. The average Bonchev–Trinajstić information content (AvgIpc) is 3.05. The Hall–Kier alpha value is -0.440. The Labute approximate surface area is 275 Å². The monoisotopic (exact) mass is 654 g/mol. The number of ether oxygens (including phenoxy) is 11. The quantitative estimate of drug-likeness (QED) is 0.0821. The summed E-state index contributed by atoms with van der Waals surface area (Å²) in [5.74, 6) is 0. The standard InChI is InChI=1S/C34H70O11/c1-3-5-6-7-8-9-10-11-12-13-14-36-17-18-38-21-22-40-25-26-42-29-30-44-33-34-45-32-31-43-28-27-41-24-23-39-20-19-37-16-15-35-4-2/h3-34H2,1-2H3. The lowest BCUT2D eigenvalue weighted by Crippen LogP contribution is -2.15. The summed E-state index contributed by atoms with van der Waals surface area (Å²) in [5.41, 5.74) is 0. The highest BCUT2D eigenvalue weighted by molar-refractivity contribution is 4.47. The summed E-state index contributed by atoms with van der Waals surface area (Å²) in [4.78, 5) is 0. The van der Waals surface area contributed by atoms with E-state index in [-0.39, 0.29) is 0 Å². The topological polar surface area (TPSA) is 102 Å². The van der Waals surface area contributed by atoms with Crippen molar-refractivity contribution in [1.82, 2.24) is 0 Å². The third-order valence-electron chi connectivity index (χ3n) is 6.57. The van der Waals surface area contributed by atoms with Gasteiger partial charge in [-0.1, -0.05) is 64.7 Å². The van der Waals surface area contributed by atoms with E-state index in [2.05, 4.69) is 6.92 Å². The summed E-state index contributed by atoms with van der Waals surface area (Å²) in [6.07, 6.45) is 13.4. The van der Waals surface area contributed by atoms with Crippen molar-refractivity contribution in [3.05, 3.63) is 0 Å². The van der Waals surface area contributed by atoms with Crippen LogP contribution in [-0.4, -0.2) is 145 Å². The maximum atomic E-state index is 5.65. The van der Waals surface area contributed by atoms with E-state index >= 15 is 0 Å². The lowest BCUT2D eigenvalue weighted by molar-refractivity contribution is -0.0274. The summed E-state index contributed by atoms with van der Waals surface area (Å²) >= 11 is 0. The van der Waals surface area contributed by atoms with Gasteiger partial charge in [0.1, 0.15) is 0 Å². The minimum Gasteiger partial charge on any atom is -0.379 e. The minimum atomic E-state index is 0.528. The van der Waals surface area contributed by atoms with Gasteiger partial charge in [-0.25, -0.2) is 0 Å². The largest absolute Gasteiger partial charge is 0.379 e. The van der Waals surface area contributed by atoms with Crippen LogP contribution < -0.4 is 0 Å². The van der Waals surface area contributed by atoms with Gasteiger partial charge in [-0.15, -0.1) is 0 Å². The molecule has 0 saturated carbocycles. The van der Waals surface area contributed by atoms with Gasteiger partial charge in [0.15, 0.2) is 0 Å². The van der Waals surface area contributed by atoms with Crippen molar-refractivity contribution in [2.45, 2.75) is 78.1 Å². The molecule has 0 spiro atoms. The van der Waals surface area contributed by atoms with Crippen molar-refractivity contribution < 1.29 is 52.1 Å². The molecular weight excluding hydrogens is 584 g/mol. The molecule has 0 aromatic heterocycles. The van der Waals surface area contributed by atoms with Crippen molar-refractivity contribution in [3.8, 4) is 0 Å². The second-order valence-electron chi connectivity index (χ2n) is 10.5. The summed E-state index contributed by atoms with van der Waals surface area (Å²) in [5, 5.41) is 0. The Morgan fingerprint density at radius 1 is 0.200 bits per heavy atom. The van der Waals surface area contributed by atoms with Gasteiger partial charge in [0.25, 0.3) is 0 Å². The van der Waals surface area contributed by atoms with E-state index in [0.717, 1.165) is 13.0 Å². The number of hydrogen-bond donors (Lipinski definition) is 0. The Balaban J connectivity index is 3.03. The van der Waals surface area contributed by atoms with Gasteiger partial charge < -0.3 is 52.1 Å². The molecule has 0 atom stereocenters. The van der Waals surface area contributed by atoms with Crippen molar-refractivity contribution in [3.63, 3.8) is 0 Å². The van der Waals surface area contributed by atoms with Crippen LogP contribution in [0, 0.1) is 0 Å². The lowest BCUT2D eigenvalue weighted by atomic mass is 10.1. The van der Waals surface area contributed by atoms with Crippen molar-refractivity contribution in [2.75, 3.05) is 145 Å². The third-order valence-corrected chi connectivity index (χ3v) is 6.57. The van der Waals surface area contributed by atoms with E-state index in [9.17, 15) is 0 Å². The molecule has 0 fully saturated rings. The van der Waals surface area contributed by atoms with Crippen LogP contribution in [0.1, 0.15) is 78.1 Å². The van der Waals surface area contributed by atoms with Crippen LogP contribution >= 0.6 is 0 Å². The van der Waals surface area contributed by atoms with Crippen LogP contribution in [0.2, 0.25) is 0 Å². The van der Waals surface area contributed by atoms with Crippen LogP contribution in [0.25, 0.3) is 0 Å². The fourth-order valence-corrected chi connectivity index (χ4v) is 4.04. The summed E-state index contributed by atoms with van der Waals surface area (Å²) in [6, 6.07) is 0. The summed E-state index contributed by atoms with van der Waals surface area (Å²) in [7, 11) is 0. The second-order valence-corrected chi connectivity index (χ2v) is 10.5. The predicted molar refractivity (Wildman–Crippen MR) is 177 cm³/mol. The molecule has 0 heterocycles. The van der Waals surface area contributed by atoms with E-state index in [1.54, 1.807) is 0 Å². The zero-order chi connectivity index (χ0) is 32.4. The Kier molecular flexibility index (Phi) is 43.1. The maximum absolute atomic E-state index is 5.65. The van der Waals surface area contributed by atoms with Gasteiger partial charge >= 0.3 is 0 Å². The minimum absolute atomic E-state index is 0.528. The molecule has 272 valence electrons. The molecule has 45 heavy (non-hydrogen) atoms. The molecule has 11 heteroatoms. The SMILES string of the molecule is CCCCCCCCCCCCOCCOCCOCCOCCOCCOCCOCCOCCOCCOCCOCC. The molecule has 0 aliphatic heterocycles. The highest BCUT2D eigenvalue weighted by Gasteiger charge is 1.97. The normalized spacial score (nSPS) is 11.6. The van der Waals surface area contributed by atoms with Crippen LogP contribution in [0.4, 0.5) is 0 Å². The van der Waals surface area contributed by atoms with Gasteiger partial charge in [0.05, 0.1) is 132 Å². The Morgan fingerprint density at radius 3 is 0.644 bits per heavy atom.